The Morgan fingerprint density at radius 1 is 1.38 bits per heavy atom. The van der Waals surface area contributed by atoms with Gasteiger partial charge in [0.25, 0.3) is 0 Å². The minimum atomic E-state index is 0.0245. The van der Waals surface area contributed by atoms with E-state index in [2.05, 4.69) is 0 Å². The highest BCUT2D eigenvalue weighted by Gasteiger charge is 2.07. The Morgan fingerprint density at radius 3 is 2.85 bits per heavy atom. The van der Waals surface area contributed by atoms with Crippen molar-refractivity contribution < 1.29 is 10.2 Å². The van der Waals surface area contributed by atoms with Gasteiger partial charge in [0.15, 0.2) is 0 Å². The SMILES string of the molecule is Cc1cc2c(O)ccc(CO)c2s1. The fourth-order valence-electron chi connectivity index (χ4n) is 1.41. The van der Waals surface area contributed by atoms with Crippen molar-refractivity contribution in [3.63, 3.8) is 0 Å². The maximum atomic E-state index is 9.53. The number of phenolic OH excluding ortho intramolecular Hbond substituents is 1. The number of phenols is 1. The Bertz CT molecular complexity index is 445. The van der Waals surface area contributed by atoms with E-state index < -0.39 is 0 Å². The largest absolute Gasteiger partial charge is 0.507 e. The maximum Gasteiger partial charge on any atom is 0.124 e. The fourth-order valence-corrected chi connectivity index (χ4v) is 2.45. The number of benzene rings is 1. The fraction of sp³-hybridized carbons (Fsp3) is 0.200. The molecule has 0 saturated carbocycles. The van der Waals surface area contributed by atoms with Crippen LogP contribution in [0.5, 0.6) is 5.75 Å². The van der Waals surface area contributed by atoms with Crippen molar-refractivity contribution in [1.82, 2.24) is 0 Å². The molecule has 2 rings (SSSR count). The van der Waals surface area contributed by atoms with Crippen LogP contribution in [0, 0.1) is 6.92 Å². The lowest BCUT2D eigenvalue weighted by Crippen LogP contribution is -1.81. The van der Waals surface area contributed by atoms with Crippen LogP contribution >= 0.6 is 11.3 Å². The van der Waals surface area contributed by atoms with Gasteiger partial charge in [-0.05, 0) is 24.6 Å². The molecule has 2 aromatic rings. The third-order valence-corrected chi connectivity index (χ3v) is 3.16. The Hall–Kier alpha value is -1.06. The number of aromatic hydroxyl groups is 1. The van der Waals surface area contributed by atoms with Crippen LogP contribution in [0.25, 0.3) is 10.1 Å². The van der Waals surface area contributed by atoms with E-state index >= 15 is 0 Å². The topological polar surface area (TPSA) is 40.5 Å². The van der Waals surface area contributed by atoms with Gasteiger partial charge in [0.1, 0.15) is 5.75 Å². The first-order valence-corrected chi connectivity index (χ1v) is 4.86. The first-order valence-electron chi connectivity index (χ1n) is 4.04. The van der Waals surface area contributed by atoms with Crippen LogP contribution in [0.4, 0.5) is 0 Å². The van der Waals surface area contributed by atoms with Gasteiger partial charge in [-0.3, -0.25) is 0 Å². The molecule has 1 aromatic carbocycles. The summed E-state index contributed by atoms with van der Waals surface area (Å²) in [7, 11) is 0. The highest BCUT2D eigenvalue weighted by molar-refractivity contribution is 7.19. The van der Waals surface area contributed by atoms with Crippen molar-refractivity contribution in [2.45, 2.75) is 13.5 Å². The number of hydrogen-bond acceptors (Lipinski definition) is 3. The molecule has 0 aliphatic carbocycles. The summed E-state index contributed by atoms with van der Waals surface area (Å²) in [6.45, 7) is 2.02. The van der Waals surface area contributed by atoms with E-state index in [1.807, 2.05) is 13.0 Å². The molecular formula is C10H10O2S. The number of hydrogen-bond donors (Lipinski definition) is 2. The average Bonchev–Trinajstić information content (AvgIpc) is 2.48. The van der Waals surface area contributed by atoms with E-state index in [0.717, 1.165) is 20.5 Å². The van der Waals surface area contributed by atoms with Crippen LogP contribution in [-0.2, 0) is 6.61 Å². The molecule has 1 heterocycles. The van der Waals surface area contributed by atoms with Gasteiger partial charge in [-0.2, -0.15) is 0 Å². The molecular weight excluding hydrogens is 184 g/mol. The number of aliphatic hydroxyl groups is 1. The van der Waals surface area contributed by atoms with E-state index in [0.29, 0.717) is 0 Å². The number of aryl methyl sites for hydroxylation is 1. The second-order valence-corrected chi connectivity index (χ2v) is 4.26. The van der Waals surface area contributed by atoms with Gasteiger partial charge in [0.05, 0.1) is 6.61 Å². The van der Waals surface area contributed by atoms with Gasteiger partial charge in [-0.15, -0.1) is 11.3 Å². The lowest BCUT2D eigenvalue weighted by Gasteiger charge is -1.99. The molecule has 0 aliphatic heterocycles. The molecule has 0 saturated heterocycles. The molecule has 13 heavy (non-hydrogen) atoms. The highest BCUT2D eigenvalue weighted by Crippen LogP contribution is 2.34. The van der Waals surface area contributed by atoms with Crippen LogP contribution in [0.3, 0.4) is 0 Å². The van der Waals surface area contributed by atoms with Crippen LogP contribution < -0.4 is 0 Å². The maximum absolute atomic E-state index is 9.53. The van der Waals surface area contributed by atoms with Crippen molar-refractivity contribution in [2.75, 3.05) is 0 Å². The average molecular weight is 194 g/mol. The highest BCUT2D eigenvalue weighted by atomic mass is 32.1. The first kappa shape index (κ1) is 8.53. The first-order chi connectivity index (χ1) is 6.22. The minimum Gasteiger partial charge on any atom is -0.507 e. The van der Waals surface area contributed by atoms with Gasteiger partial charge < -0.3 is 10.2 Å². The van der Waals surface area contributed by atoms with Gasteiger partial charge >= 0.3 is 0 Å². The summed E-state index contributed by atoms with van der Waals surface area (Å²) in [6, 6.07) is 5.32. The van der Waals surface area contributed by atoms with E-state index in [1.165, 1.54) is 0 Å². The summed E-state index contributed by atoms with van der Waals surface area (Å²) < 4.78 is 0.986. The molecule has 0 spiro atoms. The van der Waals surface area contributed by atoms with Gasteiger partial charge in [-0.1, -0.05) is 6.07 Å². The van der Waals surface area contributed by atoms with Gasteiger partial charge in [0.2, 0.25) is 0 Å². The van der Waals surface area contributed by atoms with Crippen LogP contribution in [0.15, 0.2) is 18.2 Å². The predicted molar refractivity (Wildman–Crippen MR) is 54.1 cm³/mol. The summed E-state index contributed by atoms with van der Waals surface area (Å²) in [4.78, 5) is 1.14. The van der Waals surface area contributed by atoms with E-state index in [-0.39, 0.29) is 12.4 Å². The molecule has 0 aliphatic rings. The molecule has 2 nitrogen and oxygen atoms in total. The van der Waals surface area contributed by atoms with Crippen molar-refractivity contribution >= 4 is 21.4 Å². The third kappa shape index (κ3) is 1.30. The zero-order valence-corrected chi connectivity index (χ0v) is 8.06. The molecule has 1 aromatic heterocycles. The molecule has 0 fully saturated rings. The monoisotopic (exact) mass is 194 g/mol. The zero-order chi connectivity index (χ0) is 9.42. The standard InChI is InChI=1S/C10H10O2S/c1-6-4-8-9(12)3-2-7(5-11)10(8)13-6/h2-4,11-12H,5H2,1H3. The Labute approximate surface area is 80.1 Å². The van der Waals surface area contributed by atoms with Crippen LogP contribution in [0.2, 0.25) is 0 Å². The van der Waals surface area contributed by atoms with Crippen molar-refractivity contribution in [1.29, 1.82) is 0 Å². The van der Waals surface area contributed by atoms with Crippen molar-refractivity contribution in [3.8, 4) is 5.75 Å². The second kappa shape index (κ2) is 3.01. The van der Waals surface area contributed by atoms with E-state index in [9.17, 15) is 5.11 Å². The second-order valence-electron chi connectivity index (χ2n) is 3.00. The summed E-state index contributed by atoms with van der Waals surface area (Å²) in [5, 5.41) is 19.4. The summed E-state index contributed by atoms with van der Waals surface area (Å²) in [5.74, 6) is 0.288. The van der Waals surface area contributed by atoms with Crippen molar-refractivity contribution in [2.24, 2.45) is 0 Å². The molecule has 0 atom stereocenters. The molecule has 0 bridgehead atoms. The van der Waals surface area contributed by atoms with Gasteiger partial charge in [0, 0.05) is 15.0 Å². The molecule has 68 valence electrons. The van der Waals surface area contributed by atoms with E-state index in [1.54, 1.807) is 23.5 Å². The van der Waals surface area contributed by atoms with Crippen molar-refractivity contribution in [3.05, 3.63) is 28.6 Å². The van der Waals surface area contributed by atoms with Gasteiger partial charge in [-0.25, -0.2) is 0 Å². The molecule has 0 amide bonds. The lowest BCUT2D eigenvalue weighted by atomic mass is 10.1. The van der Waals surface area contributed by atoms with E-state index in [4.69, 9.17) is 5.11 Å². The number of thiophene rings is 1. The number of fused-ring (bicyclic) bond motifs is 1. The quantitative estimate of drug-likeness (QED) is 0.731. The normalized spacial score (nSPS) is 10.9. The summed E-state index contributed by atoms with van der Waals surface area (Å²) >= 11 is 1.60. The smallest absolute Gasteiger partial charge is 0.124 e. The van der Waals surface area contributed by atoms with Crippen LogP contribution in [-0.4, -0.2) is 10.2 Å². The van der Waals surface area contributed by atoms with Crippen LogP contribution in [0.1, 0.15) is 10.4 Å². The predicted octanol–water partition coefficient (Wildman–Crippen LogP) is 2.41. The molecule has 0 unspecified atom stereocenters. The Balaban J connectivity index is 2.83. The molecule has 2 N–H and O–H groups in total. The lowest BCUT2D eigenvalue weighted by molar-refractivity contribution is 0.283. The third-order valence-electron chi connectivity index (χ3n) is 2.04. The summed E-state index contributed by atoms with van der Waals surface area (Å²) in [6.07, 6.45) is 0. The molecule has 0 radical (unpaired) electrons. The summed E-state index contributed by atoms with van der Waals surface area (Å²) in [5.41, 5.74) is 0.880. The minimum absolute atomic E-state index is 0.0245. The molecule has 3 heteroatoms. The Morgan fingerprint density at radius 2 is 2.15 bits per heavy atom. The number of rotatable bonds is 1. The Kier molecular flexibility index (Phi) is 1.98. The number of aliphatic hydroxyl groups excluding tert-OH is 1. The zero-order valence-electron chi connectivity index (χ0n) is 7.24.